The van der Waals surface area contributed by atoms with Gasteiger partial charge in [-0.05, 0) is 19.1 Å². The summed E-state index contributed by atoms with van der Waals surface area (Å²) in [7, 11) is 0. The average Bonchev–Trinajstić information content (AvgIpc) is 2.83. The number of nitrogens with zero attached hydrogens (tertiary/aromatic N) is 1. The van der Waals surface area contributed by atoms with Gasteiger partial charge in [0.1, 0.15) is 6.07 Å². The van der Waals surface area contributed by atoms with E-state index in [9.17, 15) is 4.79 Å². The summed E-state index contributed by atoms with van der Waals surface area (Å²) < 4.78 is 19.8. The molecule has 2 rings (SSSR count). The summed E-state index contributed by atoms with van der Waals surface area (Å²) in [5, 5.41) is 8.99. The number of fused-ring (bicyclic) bond motifs is 1. The Morgan fingerprint density at radius 2 is 2.28 bits per heavy atom. The fraction of sp³-hybridized carbons (Fsp3) is 0.333. The summed E-state index contributed by atoms with van der Waals surface area (Å²) in [6.45, 7) is 2.00. The maximum Gasteiger partial charge on any atom is 0.509 e. The molecular weight excluding hydrogens is 238 g/mol. The van der Waals surface area contributed by atoms with Crippen molar-refractivity contribution in [3.63, 3.8) is 0 Å². The molecule has 0 fully saturated rings. The van der Waals surface area contributed by atoms with Crippen LogP contribution in [0.4, 0.5) is 4.79 Å². The number of carbonyl (C=O) groups is 1. The number of rotatable bonds is 3. The second-order valence-electron chi connectivity index (χ2n) is 3.42. The van der Waals surface area contributed by atoms with E-state index in [2.05, 4.69) is 4.74 Å². The van der Waals surface area contributed by atoms with E-state index in [1.165, 1.54) is 0 Å². The SMILES string of the molecule is CCOC(=O)OC(C#N)c1ccc2c(c1)OCO2. The van der Waals surface area contributed by atoms with Gasteiger partial charge in [0.2, 0.25) is 12.9 Å². The van der Waals surface area contributed by atoms with E-state index < -0.39 is 12.3 Å². The van der Waals surface area contributed by atoms with Crippen LogP contribution in [-0.2, 0) is 9.47 Å². The van der Waals surface area contributed by atoms with E-state index in [-0.39, 0.29) is 13.4 Å². The molecule has 1 aliphatic heterocycles. The van der Waals surface area contributed by atoms with Crippen LogP contribution in [0.3, 0.4) is 0 Å². The lowest BCUT2D eigenvalue weighted by atomic mass is 10.1. The predicted octanol–water partition coefficient (Wildman–Crippen LogP) is 2.15. The molecule has 94 valence electrons. The van der Waals surface area contributed by atoms with Crippen molar-refractivity contribution in [1.29, 1.82) is 5.26 Å². The van der Waals surface area contributed by atoms with Crippen molar-refractivity contribution >= 4 is 6.16 Å². The Bertz CT molecular complexity index is 494. The van der Waals surface area contributed by atoms with Crippen LogP contribution >= 0.6 is 0 Å². The molecule has 0 spiro atoms. The highest BCUT2D eigenvalue weighted by atomic mass is 16.7. The highest BCUT2D eigenvalue weighted by Crippen LogP contribution is 2.34. The Hall–Kier alpha value is -2.42. The first-order chi connectivity index (χ1) is 8.74. The van der Waals surface area contributed by atoms with Gasteiger partial charge < -0.3 is 18.9 Å². The minimum Gasteiger partial charge on any atom is -0.454 e. The van der Waals surface area contributed by atoms with Crippen molar-refractivity contribution in [2.75, 3.05) is 13.4 Å². The molecule has 1 atom stereocenters. The summed E-state index contributed by atoms with van der Waals surface area (Å²) in [4.78, 5) is 11.2. The van der Waals surface area contributed by atoms with E-state index in [1.807, 2.05) is 6.07 Å². The molecule has 0 saturated carbocycles. The molecule has 1 aromatic rings. The first kappa shape index (κ1) is 12.0. The van der Waals surface area contributed by atoms with Gasteiger partial charge in [-0.3, -0.25) is 0 Å². The molecule has 6 nitrogen and oxygen atoms in total. The van der Waals surface area contributed by atoms with Gasteiger partial charge in [0.15, 0.2) is 11.5 Å². The number of ether oxygens (including phenoxy) is 4. The molecule has 0 aliphatic carbocycles. The third-order valence-electron chi connectivity index (χ3n) is 2.29. The molecule has 0 saturated heterocycles. The normalized spacial score (nSPS) is 13.6. The molecule has 0 amide bonds. The molecule has 1 aliphatic rings. The van der Waals surface area contributed by atoms with E-state index in [0.717, 1.165) is 0 Å². The number of hydrogen-bond donors (Lipinski definition) is 0. The van der Waals surface area contributed by atoms with Crippen LogP contribution in [0.25, 0.3) is 0 Å². The topological polar surface area (TPSA) is 77.8 Å². The van der Waals surface area contributed by atoms with Crippen molar-refractivity contribution in [3.05, 3.63) is 23.8 Å². The molecule has 6 heteroatoms. The Labute approximate surface area is 104 Å². The summed E-state index contributed by atoms with van der Waals surface area (Å²) in [5.74, 6) is 1.13. The lowest BCUT2D eigenvalue weighted by Crippen LogP contribution is -2.11. The molecule has 0 radical (unpaired) electrons. The van der Waals surface area contributed by atoms with Gasteiger partial charge in [0.25, 0.3) is 0 Å². The first-order valence-electron chi connectivity index (χ1n) is 5.37. The van der Waals surface area contributed by atoms with Gasteiger partial charge in [0, 0.05) is 5.56 Å². The zero-order valence-electron chi connectivity index (χ0n) is 9.71. The number of nitriles is 1. The standard InChI is InChI=1S/C12H11NO5/c1-2-15-12(14)18-11(6-13)8-3-4-9-10(5-8)17-7-16-9/h3-5,11H,2,7H2,1H3. The summed E-state index contributed by atoms with van der Waals surface area (Å²) >= 11 is 0. The van der Waals surface area contributed by atoms with Crippen molar-refractivity contribution in [3.8, 4) is 17.6 Å². The first-order valence-corrected chi connectivity index (χ1v) is 5.37. The predicted molar refractivity (Wildman–Crippen MR) is 59.0 cm³/mol. The van der Waals surface area contributed by atoms with E-state index in [1.54, 1.807) is 25.1 Å². The van der Waals surface area contributed by atoms with Crippen molar-refractivity contribution in [2.24, 2.45) is 0 Å². The van der Waals surface area contributed by atoms with Gasteiger partial charge >= 0.3 is 6.16 Å². The Kier molecular flexibility index (Phi) is 3.53. The summed E-state index contributed by atoms with van der Waals surface area (Å²) in [5.41, 5.74) is 0.509. The van der Waals surface area contributed by atoms with Crippen LogP contribution in [-0.4, -0.2) is 19.6 Å². The van der Waals surface area contributed by atoms with Crippen molar-refractivity contribution in [1.82, 2.24) is 0 Å². The van der Waals surface area contributed by atoms with Gasteiger partial charge in [-0.15, -0.1) is 0 Å². The quantitative estimate of drug-likeness (QED) is 0.764. The van der Waals surface area contributed by atoms with E-state index in [0.29, 0.717) is 17.1 Å². The van der Waals surface area contributed by atoms with Crippen LogP contribution in [0.2, 0.25) is 0 Å². The molecule has 1 aromatic carbocycles. The number of benzene rings is 1. The van der Waals surface area contributed by atoms with Crippen LogP contribution in [0.1, 0.15) is 18.6 Å². The Balaban J connectivity index is 2.13. The lowest BCUT2D eigenvalue weighted by Gasteiger charge is -2.11. The maximum atomic E-state index is 11.2. The van der Waals surface area contributed by atoms with E-state index >= 15 is 0 Å². The highest BCUT2D eigenvalue weighted by molar-refractivity contribution is 5.61. The number of hydrogen-bond acceptors (Lipinski definition) is 6. The van der Waals surface area contributed by atoms with Gasteiger partial charge in [-0.25, -0.2) is 4.79 Å². The van der Waals surface area contributed by atoms with Crippen LogP contribution in [0.15, 0.2) is 18.2 Å². The Morgan fingerprint density at radius 1 is 1.50 bits per heavy atom. The van der Waals surface area contributed by atoms with Crippen molar-refractivity contribution in [2.45, 2.75) is 13.0 Å². The van der Waals surface area contributed by atoms with Gasteiger partial charge in [0.05, 0.1) is 6.61 Å². The average molecular weight is 249 g/mol. The second-order valence-corrected chi connectivity index (χ2v) is 3.42. The number of carbonyl (C=O) groups excluding carboxylic acids is 1. The lowest BCUT2D eigenvalue weighted by molar-refractivity contribution is 0.0420. The van der Waals surface area contributed by atoms with Crippen molar-refractivity contribution < 1.29 is 23.7 Å². The van der Waals surface area contributed by atoms with Crippen LogP contribution in [0.5, 0.6) is 11.5 Å². The fourth-order valence-electron chi connectivity index (χ4n) is 1.49. The Morgan fingerprint density at radius 3 is 3.00 bits per heavy atom. The summed E-state index contributed by atoms with van der Waals surface area (Å²) in [6, 6.07) is 6.79. The molecule has 0 aromatic heterocycles. The molecule has 0 N–H and O–H groups in total. The largest absolute Gasteiger partial charge is 0.509 e. The minimum atomic E-state index is -1.03. The summed E-state index contributed by atoms with van der Waals surface area (Å²) in [6.07, 6.45) is -1.90. The molecule has 1 unspecified atom stereocenters. The third-order valence-corrected chi connectivity index (χ3v) is 2.29. The molecule has 18 heavy (non-hydrogen) atoms. The maximum absolute atomic E-state index is 11.2. The minimum absolute atomic E-state index is 0.148. The van der Waals surface area contributed by atoms with Crippen LogP contribution in [0, 0.1) is 11.3 Å². The zero-order chi connectivity index (χ0) is 13.0. The molecule has 0 bridgehead atoms. The highest BCUT2D eigenvalue weighted by Gasteiger charge is 2.21. The third kappa shape index (κ3) is 2.46. The smallest absolute Gasteiger partial charge is 0.454 e. The zero-order valence-corrected chi connectivity index (χ0v) is 9.71. The second kappa shape index (κ2) is 5.27. The van der Waals surface area contributed by atoms with Gasteiger partial charge in [-0.1, -0.05) is 6.07 Å². The molecule has 1 heterocycles. The van der Waals surface area contributed by atoms with Crippen LogP contribution < -0.4 is 9.47 Å². The van der Waals surface area contributed by atoms with Gasteiger partial charge in [-0.2, -0.15) is 5.26 Å². The van der Waals surface area contributed by atoms with E-state index in [4.69, 9.17) is 19.5 Å². The monoisotopic (exact) mass is 249 g/mol. The fourth-order valence-corrected chi connectivity index (χ4v) is 1.49. The molecular formula is C12H11NO5.